The maximum absolute atomic E-state index is 12.8. The molecule has 0 saturated carbocycles. The standard InChI is InChI=1S/C15H18FNO3S/c1-10-6-8-17(14(10)15(19)20)13(18)7-9-21-12-4-2-11(16)3-5-12/h2-5,10,14H,6-9H2,1H3,(H,19,20). The van der Waals surface area contributed by atoms with Crippen LogP contribution in [-0.2, 0) is 9.59 Å². The smallest absolute Gasteiger partial charge is 0.326 e. The van der Waals surface area contributed by atoms with Crippen molar-refractivity contribution in [3.63, 3.8) is 0 Å². The molecule has 0 radical (unpaired) electrons. The molecule has 1 aliphatic rings. The Hall–Kier alpha value is -1.56. The normalized spacial score (nSPS) is 21.5. The van der Waals surface area contributed by atoms with Crippen LogP contribution < -0.4 is 0 Å². The molecule has 1 heterocycles. The quantitative estimate of drug-likeness (QED) is 0.849. The van der Waals surface area contributed by atoms with E-state index in [9.17, 15) is 19.1 Å². The largest absolute Gasteiger partial charge is 0.480 e. The van der Waals surface area contributed by atoms with Crippen LogP contribution in [0.2, 0.25) is 0 Å². The lowest BCUT2D eigenvalue weighted by molar-refractivity contribution is -0.149. The number of carboxylic acid groups (broad SMARTS) is 1. The molecule has 0 spiro atoms. The summed E-state index contributed by atoms with van der Waals surface area (Å²) in [5.41, 5.74) is 0. The van der Waals surface area contributed by atoms with Crippen LogP contribution in [0.5, 0.6) is 0 Å². The highest BCUT2D eigenvalue weighted by atomic mass is 32.2. The molecule has 2 atom stereocenters. The van der Waals surface area contributed by atoms with Crippen molar-refractivity contribution in [2.75, 3.05) is 12.3 Å². The second-order valence-electron chi connectivity index (χ2n) is 5.19. The van der Waals surface area contributed by atoms with Crippen LogP contribution in [-0.4, -0.2) is 40.2 Å². The molecule has 1 saturated heterocycles. The van der Waals surface area contributed by atoms with E-state index in [-0.39, 0.29) is 17.6 Å². The Balaban J connectivity index is 1.84. The number of carbonyl (C=O) groups excluding carboxylic acids is 1. The Bertz CT molecular complexity index is 520. The van der Waals surface area contributed by atoms with Gasteiger partial charge < -0.3 is 10.0 Å². The first-order valence-corrected chi connectivity index (χ1v) is 7.88. The molecule has 1 aromatic carbocycles. The van der Waals surface area contributed by atoms with Gasteiger partial charge in [-0.2, -0.15) is 0 Å². The molecule has 0 aliphatic carbocycles. The van der Waals surface area contributed by atoms with Crippen molar-refractivity contribution in [3.05, 3.63) is 30.1 Å². The Kier molecular flexibility index (Phi) is 5.22. The van der Waals surface area contributed by atoms with E-state index in [1.165, 1.54) is 28.8 Å². The number of carbonyl (C=O) groups is 2. The molecule has 2 unspecified atom stereocenters. The number of benzene rings is 1. The Morgan fingerprint density at radius 2 is 2.05 bits per heavy atom. The highest BCUT2D eigenvalue weighted by Crippen LogP contribution is 2.26. The molecule has 1 aromatic rings. The van der Waals surface area contributed by atoms with Gasteiger partial charge in [-0.15, -0.1) is 11.8 Å². The number of carboxylic acids is 1. The zero-order valence-corrected chi connectivity index (χ0v) is 12.6. The number of halogens is 1. The number of thioether (sulfide) groups is 1. The van der Waals surface area contributed by atoms with E-state index in [1.54, 1.807) is 12.1 Å². The van der Waals surface area contributed by atoms with Crippen molar-refractivity contribution in [2.45, 2.75) is 30.7 Å². The summed E-state index contributed by atoms with van der Waals surface area (Å²) in [4.78, 5) is 25.7. The minimum absolute atomic E-state index is 0.00352. The highest BCUT2D eigenvalue weighted by molar-refractivity contribution is 7.99. The van der Waals surface area contributed by atoms with Gasteiger partial charge in [-0.05, 0) is 36.6 Å². The lowest BCUT2D eigenvalue weighted by atomic mass is 10.0. The van der Waals surface area contributed by atoms with Crippen LogP contribution in [0.15, 0.2) is 29.2 Å². The number of nitrogens with zero attached hydrogens (tertiary/aromatic N) is 1. The van der Waals surface area contributed by atoms with E-state index in [1.807, 2.05) is 6.92 Å². The van der Waals surface area contributed by atoms with E-state index in [4.69, 9.17) is 0 Å². The van der Waals surface area contributed by atoms with E-state index in [0.29, 0.717) is 18.7 Å². The molecule has 0 aromatic heterocycles. The molecule has 114 valence electrons. The fraction of sp³-hybridized carbons (Fsp3) is 0.467. The highest BCUT2D eigenvalue weighted by Gasteiger charge is 2.38. The first-order chi connectivity index (χ1) is 9.99. The number of hydrogen-bond donors (Lipinski definition) is 1. The Labute approximate surface area is 127 Å². The molecule has 21 heavy (non-hydrogen) atoms. The summed E-state index contributed by atoms with van der Waals surface area (Å²) in [6.45, 7) is 2.37. The van der Waals surface area contributed by atoms with Crippen molar-refractivity contribution < 1.29 is 19.1 Å². The van der Waals surface area contributed by atoms with Gasteiger partial charge in [0.2, 0.25) is 5.91 Å². The molecule has 4 nitrogen and oxygen atoms in total. The van der Waals surface area contributed by atoms with Crippen molar-refractivity contribution in [3.8, 4) is 0 Å². The number of hydrogen-bond acceptors (Lipinski definition) is 3. The molecule has 6 heteroatoms. The van der Waals surface area contributed by atoms with Gasteiger partial charge in [-0.3, -0.25) is 4.79 Å². The topological polar surface area (TPSA) is 57.6 Å². The van der Waals surface area contributed by atoms with Gasteiger partial charge >= 0.3 is 5.97 Å². The van der Waals surface area contributed by atoms with Gasteiger partial charge in [0.25, 0.3) is 0 Å². The minimum Gasteiger partial charge on any atom is -0.480 e. The van der Waals surface area contributed by atoms with E-state index in [0.717, 1.165) is 11.3 Å². The zero-order chi connectivity index (χ0) is 15.4. The minimum atomic E-state index is -0.931. The molecule has 1 aliphatic heterocycles. The molecule has 1 amide bonds. The molecule has 1 fully saturated rings. The molecule has 1 N–H and O–H groups in total. The lowest BCUT2D eigenvalue weighted by Gasteiger charge is -2.23. The van der Waals surface area contributed by atoms with Gasteiger partial charge in [-0.25, -0.2) is 9.18 Å². The number of amides is 1. The maximum atomic E-state index is 12.8. The van der Waals surface area contributed by atoms with Crippen LogP contribution in [0, 0.1) is 11.7 Å². The van der Waals surface area contributed by atoms with Crippen LogP contribution >= 0.6 is 11.8 Å². The average Bonchev–Trinajstić information content (AvgIpc) is 2.83. The zero-order valence-electron chi connectivity index (χ0n) is 11.8. The van der Waals surface area contributed by atoms with E-state index < -0.39 is 12.0 Å². The lowest BCUT2D eigenvalue weighted by Crippen LogP contribution is -2.42. The van der Waals surface area contributed by atoms with Gasteiger partial charge in [0.15, 0.2) is 0 Å². The summed E-state index contributed by atoms with van der Waals surface area (Å²) in [5, 5.41) is 9.20. The van der Waals surface area contributed by atoms with Gasteiger partial charge in [0, 0.05) is 23.6 Å². The third kappa shape index (κ3) is 3.97. The third-order valence-corrected chi connectivity index (χ3v) is 4.69. The van der Waals surface area contributed by atoms with Crippen LogP contribution in [0.4, 0.5) is 4.39 Å². The molecular formula is C15H18FNO3S. The predicted octanol–water partition coefficient (Wildman–Crippen LogP) is 2.63. The third-order valence-electron chi connectivity index (χ3n) is 3.67. The second-order valence-corrected chi connectivity index (χ2v) is 6.36. The number of likely N-dealkylation sites (tertiary alicyclic amines) is 1. The summed E-state index contributed by atoms with van der Waals surface area (Å²) < 4.78 is 12.8. The number of rotatable bonds is 5. The summed E-state index contributed by atoms with van der Waals surface area (Å²) in [7, 11) is 0. The molecule has 0 bridgehead atoms. The summed E-state index contributed by atoms with van der Waals surface area (Å²) >= 11 is 1.47. The predicted molar refractivity (Wildman–Crippen MR) is 78.7 cm³/mol. The van der Waals surface area contributed by atoms with Crippen molar-refractivity contribution in [1.82, 2.24) is 4.90 Å². The fourth-order valence-electron chi connectivity index (χ4n) is 2.53. The van der Waals surface area contributed by atoms with Crippen LogP contribution in [0.25, 0.3) is 0 Å². The Morgan fingerprint density at radius 3 is 2.67 bits per heavy atom. The first-order valence-electron chi connectivity index (χ1n) is 6.89. The van der Waals surface area contributed by atoms with Crippen molar-refractivity contribution >= 4 is 23.6 Å². The van der Waals surface area contributed by atoms with E-state index >= 15 is 0 Å². The summed E-state index contributed by atoms with van der Waals surface area (Å²) in [6, 6.07) is 5.40. The van der Waals surface area contributed by atoms with Crippen LogP contribution in [0.3, 0.4) is 0 Å². The second kappa shape index (κ2) is 6.93. The summed E-state index contributed by atoms with van der Waals surface area (Å²) in [6.07, 6.45) is 1.02. The van der Waals surface area contributed by atoms with Gasteiger partial charge in [0.1, 0.15) is 11.9 Å². The molecular weight excluding hydrogens is 293 g/mol. The van der Waals surface area contributed by atoms with Gasteiger partial charge in [-0.1, -0.05) is 6.92 Å². The Morgan fingerprint density at radius 1 is 1.38 bits per heavy atom. The van der Waals surface area contributed by atoms with Crippen molar-refractivity contribution in [1.29, 1.82) is 0 Å². The fourth-order valence-corrected chi connectivity index (χ4v) is 3.37. The van der Waals surface area contributed by atoms with Gasteiger partial charge in [0.05, 0.1) is 0 Å². The van der Waals surface area contributed by atoms with Crippen LogP contribution in [0.1, 0.15) is 19.8 Å². The maximum Gasteiger partial charge on any atom is 0.326 e. The summed E-state index contributed by atoms with van der Waals surface area (Å²) in [5.74, 6) is -0.787. The van der Waals surface area contributed by atoms with E-state index in [2.05, 4.69) is 0 Å². The SMILES string of the molecule is CC1CCN(C(=O)CCSc2ccc(F)cc2)C1C(=O)O. The number of aliphatic carboxylic acids is 1. The first kappa shape index (κ1) is 15.8. The monoisotopic (exact) mass is 311 g/mol. The molecule has 2 rings (SSSR count). The van der Waals surface area contributed by atoms with Crippen molar-refractivity contribution in [2.24, 2.45) is 5.92 Å². The average molecular weight is 311 g/mol.